The normalized spacial score (nSPS) is 26.9. The predicted molar refractivity (Wildman–Crippen MR) is 68.1 cm³/mol. The minimum atomic E-state index is 0.00653. The van der Waals surface area contributed by atoms with Gasteiger partial charge in [0.2, 0.25) is 5.91 Å². The molecule has 5 heteroatoms. The van der Waals surface area contributed by atoms with Crippen molar-refractivity contribution < 1.29 is 4.79 Å². The highest BCUT2D eigenvalue weighted by molar-refractivity contribution is 5.82. The zero-order valence-corrected chi connectivity index (χ0v) is 10.8. The van der Waals surface area contributed by atoms with Gasteiger partial charge in [0.15, 0.2) is 0 Å². The number of nitrogens with one attached hydrogen (secondary N) is 2. The van der Waals surface area contributed by atoms with Gasteiger partial charge in [-0.25, -0.2) is 0 Å². The number of carbonyl (C=O) groups is 1. The van der Waals surface area contributed by atoms with Crippen molar-refractivity contribution in [2.45, 2.75) is 44.2 Å². The van der Waals surface area contributed by atoms with Crippen molar-refractivity contribution in [3.05, 3.63) is 17.5 Å². The molecule has 0 saturated carbocycles. The van der Waals surface area contributed by atoms with E-state index in [0.29, 0.717) is 0 Å². The molecule has 1 aromatic heterocycles. The summed E-state index contributed by atoms with van der Waals surface area (Å²) in [5, 5.41) is 10.7. The van der Waals surface area contributed by atoms with Gasteiger partial charge < -0.3 is 10.6 Å². The average Bonchev–Trinajstić information content (AvgIpc) is 3.00. The van der Waals surface area contributed by atoms with Gasteiger partial charge in [0.1, 0.15) is 0 Å². The fraction of sp³-hybridized carbons (Fsp3) is 0.692. The quantitative estimate of drug-likeness (QED) is 0.808. The summed E-state index contributed by atoms with van der Waals surface area (Å²) >= 11 is 0. The van der Waals surface area contributed by atoms with Gasteiger partial charge in [-0.05, 0) is 38.6 Å². The van der Waals surface area contributed by atoms with Crippen LogP contribution in [0.2, 0.25) is 0 Å². The second-order valence-corrected chi connectivity index (χ2v) is 5.27. The Morgan fingerprint density at radius 1 is 1.50 bits per heavy atom. The number of rotatable bonds is 2. The molecule has 18 heavy (non-hydrogen) atoms. The van der Waals surface area contributed by atoms with Crippen molar-refractivity contribution in [2.75, 3.05) is 6.54 Å². The van der Waals surface area contributed by atoms with Crippen LogP contribution < -0.4 is 10.6 Å². The highest BCUT2D eigenvalue weighted by Gasteiger charge is 2.28. The van der Waals surface area contributed by atoms with Crippen LogP contribution in [-0.2, 0) is 18.3 Å². The Kier molecular flexibility index (Phi) is 3.07. The van der Waals surface area contributed by atoms with Gasteiger partial charge >= 0.3 is 0 Å². The third kappa shape index (κ3) is 2.03. The second-order valence-electron chi connectivity index (χ2n) is 5.27. The van der Waals surface area contributed by atoms with Gasteiger partial charge in [-0.1, -0.05) is 0 Å². The maximum Gasteiger partial charge on any atom is 0.237 e. The number of hydrogen-bond donors (Lipinski definition) is 2. The smallest absolute Gasteiger partial charge is 0.237 e. The molecule has 1 aliphatic heterocycles. The lowest BCUT2D eigenvalue weighted by Crippen LogP contribution is -2.42. The maximum atomic E-state index is 12.1. The summed E-state index contributed by atoms with van der Waals surface area (Å²) in [5.41, 5.74) is 2.47. The molecule has 0 spiro atoms. The van der Waals surface area contributed by atoms with E-state index in [1.165, 1.54) is 11.3 Å². The first-order chi connectivity index (χ1) is 8.75. The van der Waals surface area contributed by atoms with Crippen molar-refractivity contribution in [3.8, 4) is 0 Å². The van der Waals surface area contributed by atoms with Crippen LogP contribution in [0.5, 0.6) is 0 Å². The summed E-state index contributed by atoms with van der Waals surface area (Å²) in [6.07, 6.45) is 7.17. The molecule has 2 N–H and O–H groups in total. The zero-order valence-electron chi connectivity index (χ0n) is 10.8. The first-order valence-corrected chi connectivity index (χ1v) is 6.80. The van der Waals surface area contributed by atoms with Crippen LogP contribution in [0.3, 0.4) is 0 Å². The number of amides is 1. The maximum absolute atomic E-state index is 12.1. The number of hydrogen-bond acceptors (Lipinski definition) is 3. The second kappa shape index (κ2) is 4.72. The number of carbonyl (C=O) groups excluding carboxylic acids is 1. The molecular formula is C13H20N4O. The van der Waals surface area contributed by atoms with Crippen molar-refractivity contribution in [2.24, 2.45) is 7.05 Å². The van der Waals surface area contributed by atoms with Crippen LogP contribution in [0.1, 0.15) is 43.0 Å². The van der Waals surface area contributed by atoms with Gasteiger partial charge in [0.25, 0.3) is 0 Å². The van der Waals surface area contributed by atoms with E-state index in [2.05, 4.69) is 15.7 Å². The molecule has 0 radical (unpaired) electrons. The van der Waals surface area contributed by atoms with Crippen molar-refractivity contribution >= 4 is 5.91 Å². The summed E-state index contributed by atoms with van der Waals surface area (Å²) < 4.78 is 1.93. The number of nitrogens with zero attached hydrogens (tertiary/aromatic N) is 2. The van der Waals surface area contributed by atoms with Crippen LogP contribution in [0.15, 0.2) is 6.20 Å². The molecule has 3 rings (SSSR count). The summed E-state index contributed by atoms with van der Waals surface area (Å²) in [5.74, 6) is 0.147. The highest BCUT2D eigenvalue weighted by atomic mass is 16.2. The lowest BCUT2D eigenvalue weighted by molar-refractivity contribution is -0.123. The van der Waals surface area contributed by atoms with Crippen LogP contribution in [0.25, 0.3) is 0 Å². The van der Waals surface area contributed by atoms with E-state index < -0.39 is 0 Å². The molecule has 1 saturated heterocycles. The Labute approximate surface area is 107 Å². The summed E-state index contributed by atoms with van der Waals surface area (Å²) in [7, 11) is 1.97. The standard InChI is InChI=1S/C13H20N4O/c1-17-12-6-2-4-10(9(12)8-15-17)16-13(18)11-5-3-7-14-11/h8,10-11,14H,2-7H2,1H3,(H,16,18). The molecule has 1 amide bonds. The molecule has 2 unspecified atom stereocenters. The van der Waals surface area contributed by atoms with E-state index in [1.807, 2.05) is 17.9 Å². The van der Waals surface area contributed by atoms with E-state index in [4.69, 9.17) is 0 Å². The van der Waals surface area contributed by atoms with E-state index in [1.54, 1.807) is 0 Å². The Bertz CT molecular complexity index is 448. The average molecular weight is 248 g/mol. The molecule has 1 aliphatic carbocycles. The lowest BCUT2D eigenvalue weighted by atomic mass is 9.92. The van der Waals surface area contributed by atoms with Crippen LogP contribution in [0.4, 0.5) is 0 Å². The van der Waals surface area contributed by atoms with Crippen molar-refractivity contribution in [1.29, 1.82) is 0 Å². The molecular weight excluding hydrogens is 228 g/mol. The van der Waals surface area contributed by atoms with Crippen LogP contribution in [-0.4, -0.2) is 28.3 Å². The third-order valence-corrected chi connectivity index (χ3v) is 4.07. The molecule has 0 bridgehead atoms. The minimum absolute atomic E-state index is 0.00653. The van der Waals surface area contributed by atoms with Gasteiger partial charge in [-0.2, -0.15) is 5.10 Å². The van der Waals surface area contributed by atoms with Gasteiger partial charge in [0, 0.05) is 18.3 Å². The summed E-state index contributed by atoms with van der Waals surface area (Å²) in [6, 6.07) is 0.157. The summed E-state index contributed by atoms with van der Waals surface area (Å²) in [6.45, 7) is 0.959. The first kappa shape index (κ1) is 11.7. The molecule has 0 aromatic carbocycles. The number of fused-ring (bicyclic) bond motifs is 1. The fourth-order valence-corrected chi connectivity index (χ4v) is 3.04. The first-order valence-electron chi connectivity index (χ1n) is 6.80. The molecule has 98 valence electrons. The topological polar surface area (TPSA) is 59.0 Å². The molecule has 2 heterocycles. The van der Waals surface area contributed by atoms with E-state index in [0.717, 1.165) is 38.6 Å². The Morgan fingerprint density at radius 2 is 2.39 bits per heavy atom. The number of aryl methyl sites for hydroxylation is 1. The van der Waals surface area contributed by atoms with Crippen LogP contribution in [0, 0.1) is 0 Å². The van der Waals surface area contributed by atoms with E-state index >= 15 is 0 Å². The third-order valence-electron chi connectivity index (χ3n) is 4.07. The van der Waals surface area contributed by atoms with Gasteiger partial charge in [-0.3, -0.25) is 9.48 Å². The molecule has 2 aliphatic rings. The largest absolute Gasteiger partial charge is 0.348 e. The Balaban J connectivity index is 1.72. The Hall–Kier alpha value is -1.36. The van der Waals surface area contributed by atoms with E-state index in [9.17, 15) is 4.79 Å². The minimum Gasteiger partial charge on any atom is -0.348 e. The summed E-state index contributed by atoms with van der Waals surface area (Å²) in [4.78, 5) is 12.1. The monoisotopic (exact) mass is 248 g/mol. The van der Waals surface area contributed by atoms with Crippen molar-refractivity contribution in [3.63, 3.8) is 0 Å². The molecule has 1 aromatic rings. The zero-order chi connectivity index (χ0) is 12.5. The van der Waals surface area contributed by atoms with Crippen molar-refractivity contribution in [1.82, 2.24) is 20.4 Å². The lowest BCUT2D eigenvalue weighted by Gasteiger charge is -2.25. The van der Waals surface area contributed by atoms with Gasteiger partial charge in [0.05, 0.1) is 18.3 Å². The van der Waals surface area contributed by atoms with E-state index in [-0.39, 0.29) is 18.0 Å². The fourth-order valence-electron chi connectivity index (χ4n) is 3.04. The highest BCUT2D eigenvalue weighted by Crippen LogP contribution is 2.29. The Morgan fingerprint density at radius 3 is 3.17 bits per heavy atom. The van der Waals surface area contributed by atoms with Gasteiger partial charge in [-0.15, -0.1) is 0 Å². The molecule has 1 fully saturated rings. The molecule has 2 atom stereocenters. The number of aromatic nitrogens is 2. The van der Waals surface area contributed by atoms with Crippen LogP contribution >= 0.6 is 0 Å². The predicted octanol–water partition coefficient (Wildman–Crippen LogP) is 0.666. The molecule has 5 nitrogen and oxygen atoms in total. The SMILES string of the molecule is Cn1ncc2c1CCCC2NC(=O)C1CCCN1.